The quantitative estimate of drug-likeness (QED) is 0.672. The predicted octanol–water partition coefficient (Wildman–Crippen LogP) is 1.82. The largest absolute Gasteiger partial charge is 0.396 e. The Morgan fingerprint density at radius 2 is 1.97 bits per heavy atom. The lowest BCUT2D eigenvalue weighted by molar-refractivity contribution is -0.121. The highest BCUT2D eigenvalue weighted by Gasteiger charge is 2.42. The zero-order chi connectivity index (χ0) is 21.6. The van der Waals surface area contributed by atoms with Crippen molar-refractivity contribution < 1.29 is 14.7 Å². The van der Waals surface area contributed by atoms with E-state index in [1.54, 1.807) is 34.8 Å². The molecule has 0 spiro atoms. The van der Waals surface area contributed by atoms with Crippen molar-refractivity contribution in [1.29, 1.82) is 0 Å². The number of carbonyl (C=O) groups excluding carboxylic acids is 2. The van der Waals surface area contributed by atoms with Gasteiger partial charge in [0.1, 0.15) is 0 Å². The number of aliphatic hydroxyl groups excluding tert-OH is 1. The van der Waals surface area contributed by atoms with Crippen LogP contribution in [-0.2, 0) is 16.6 Å². The second-order valence-corrected chi connectivity index (χ2v) is 7.87. The van der Waals surface area contributed by atoms with Crippen molar-refractivity contribution in [2.45, 2.75) is 25.7 Å². The molecule has 4 rings (SSSR count). The first-order chi connectivity index (χ1) is 14.2. The van der Waals surface area contributed by atoms with E-state index >= 15 is 0 Å². The van der Waals surface area contributed by atoms with Crippen LogP contribution in [0.2, 0.25) is 0 Å². The molecule has 0 radical (unpaired) electrons. The number of likely N-dealkylation sites (N-methyl/N-ethyl adjacent to an activating group) is 1. The third-order valence-corrected chi connectivity index (χ3v) is 5.49. The summed E-state index contributed by atoms with van der Waals surface area (Å²) in [4.78, 5) is 30.5. The number of aliphatic hydroxyl groups is 1. The lowest BCUT2D eigenvalue weighted by atomic mass is 9.85. The highest BCUT2D eigenvalue weighted by atomic mass is 16.3. The number of amides is 2. The molecule has 0 atom stereocenters. The van der Waals surface area contributed by atoms with E-state index in [-0.39, 0.29) is 12.5 Å². The first-order valence-corrected chi connectivity index (χ1v) is 9.64. The third-order valence-electron chi connectivity index (χ3n) is 5.49. The third kappa shape index (κ3) is 3.05. The summed E-state index contributed by atoms with van der Waals surface area (Å²) < 4.78 is 1.63. The molecular weight excluding hydrogens is 382 g/mol. The van der Waals surface area contributed by atoms with E-state index in [9.17, 15) is 14.7 Å². The van der Waals surface area contributed by atoms with Crippen molar-refractivity contribution in [1.82, 2.24) is 14.8 Å². The molecule has 2 aromatic carbocycles. The lowest BCUT2D eigenvalue weighted by Crippen LogP contribution is -2.33. The summed E-state index contributed by atoms with van der Waals surface area (Å²) in [5.41, 5.74) is 8.33. The van der Waals surface area contributed by atoms with Gasteiger partial charge < -0.3 is 15.7 Å². The molecule has 1 aromatic heterocycles. The van der Waals surface area contributed by atoms with Crippen molar-refractivity contribution in [3.63, 3.8) is 0 Å². The van der Waals surface area contributed by atoms with Crippen molar-refractivity contribution in [2.75, 3.05) is 18.6 Å². The van der Waals surface area contributed by atoms with E-state index in [4.69, 9.17) is 5.73 Å². The van der Waals surface area contributed by atoms with Crippen LogP contribution in [0.15, 0.2) is 42.5 Å². The van der Waals surface area contributed by atoms with Gasteiger partial charge in [-0.05, 0) is 55.8 Å². The molecule has 0 aliphatic carbocycles. The number of nitrogens with two attached hydrogens (primary N) is 1. The Hall–Kier alpha value is -3.52. The predicted molar refractivity (Wildman–Crippen MR) is 113 cm³/mol. The summed E-state index contributed by atoms with van der Waals surface area (Å²) in [5.74, 6) is 0.534. The van der Waals surface area contributed by atoms with E-state index in [0.717, 1.165) is 16.8 Å². The van der Waals surface area contributed by atoms with Gasteiger partial charge in [0, 0.05) is 30.3 Å². The van der Waals surface area contributed by atoms with Crippen LogP contribution in [0.4, 0.5) is 5.69 Å². The van der Waals surface area contributed by atoms with Crippen LogP contribution in [-0.4, -0.2) is 45.3 Å². The Bertz CT molecular complexity index is 1170. The Morgan fingerprint density at radius 3 is 2.67 bits per heavy atom. The van der Waals surface area contributed by atoms with Gasteiger partial charge in [-0.1, -0.05) is 6.07 Å². The molecule has 3 N–H and O–H groups in total. The molecule has 1 aliphatic heterocycles. The van der Waals surface area contributed by atoms with E-state index < -0.39 is 11.3 Å². The van der Waals surface area contributed by atoms with Crippen LogP contribution < -0.4 is 10.6 Å². The molecule has 2 heterocycles. The van der Waals surface area contributed by atoms with Gasteiger partial charge in [-0.25, -0.2) is 9.67 Å². The monoisotopic (exact) mass is 405 g/mol. The van der Waals surface area contributed by atoms with Gasteiger partial charge >= 0.3 is 0 Å². The molecule has 8 heteroatoms. The molecule has 30 heavy (non-hydrogen) atoms. The van der Waals surface area contributed by atoms with Gasteiger partial charge in [0.25, 0.3) is 0 Å². The minimum atomic E-state index is -0.648. The summed E-state index contributed by atoms with van der Waals surface area (Å²) in [7, 11) is 1.77. The number of anilines is 1. The normalized spacial score (nSPS) is 14.8. The van der Waals surface area contributed by atoms with Gasteiger partial charge in [0.05, 0.1) is 17.7 Å². The maximum Gasteiger partial charge on any atom is 0.248 e. The van der Waals surface area contributed by atoms with Gasteiger partial charge in [-0.15, -0.1) is 0 Å². The summed E-state index contributed by atoms with van der Waals surface area (Å²) >= 11 is 0. The van der Waals surface area contributed by atoms with Gasteiger partial charge in [-0.2, -0.15) is 5.10 Å². The number of hydrogen-bond donors (Lipinski definition) is 2. The van der Waals surface area contributed by atoms with Gasteiger partial charge in [0.15, 0.2) is 11.6 Å². The summed E-state index contributed by atoms with van der Waals surface area (Å²) in [6.07, 6.45) is 0.299. The van der Waals surface area contributed by atoms with Crippen molar-refractivity contribution in [3.8, 4) is 17.1 Å². The van der Waals surface area contributed by atoms with Crippen LogP contribution in [0, 0.1) is 0 Å². The summed E-state index contributed by atoms with van der Waals surface area (Å²) in [6.45, 7) is 3.72. The molecule has 0 saturated carbocycles. The highest BCUT2D eigenvalue weighted by Crippen LogP contribution is 2.42. The van der Waals surface area contributed by atoms with Crippen LogP contribution >= 0.6 is 0 Å². The molecule has 1 aliphatic rings. The molecule has 0 unspecified atom stereocenters. The fourth-order valence-electron chi connectivity index (χ4n) is 3.83. The van der Waals surface area contributed by atoms with Crippen LogP contribution in [0.5, 0.6) is 0 Å². The fraction of sp³-hybridized carbons (Fsp3) is 0.273. The summed E-state index contributed by atoms with van der Waals surface area (Å²) in [6, 6.07) is 12.6. The molecule has 0 saturated heterocycles. The minimum absolute atomic E-state index is 0.0336. The number of carbonyl (C=O) groups is 2. The highest BCUT2D eigenvalue weighted by molar-refractivity contribution is 6.07. The zero-order valence-corrected chi connectivity index (χ0v) is 17.1. The number of rotatable bonds is 5. The molecule has 0 bridgehead atoms. The first kappa shape index (κ1) is 19.8. The maximum atomic E-state index is 12.6. The average Bonchev–Trinajstić information content (AvgIpc) is 3.22. The zero-order valence-electron chi connectivity index (χ0n) is 17.1. The molecule has 0 fully saturated rings. The van der Waals surface area contributed by atoms with Crippen LogP contribution in [0.25, 0.3) is 17.1 Å². The van der Waals surface area contributed by atoms with Gasteiger partial charge in [-0.3, -0.25) is 9.59 Å². The van der Waals surface area contributed by atoms with E-state index in [1.165, 1.54) is 0 Å². The minimum Gasteiger partial charge on any atom is -0.396 e. The number of primary amides is 1. The smallest absolute Gasteiger partial charge is 0.248 e. The van der Waals surface area contributed by atoms with Crippen molar-refractivity contribution in [2.24, 2.45) is 5.73 Å². The number of benzene rings is 2. The number of fused-ring (bicyclic) bond motifs is 1. The number of nitrogens with zero attached hydrogens (tertiary/aromatic N) is 4. The molecule has 3 aromatic rings. The van der Waals surface area contributed by atoms with Crippen molar-refractivity contribution >= 4 is 17.5 Å². The Morgan fingerprint density at radius 1 is 1.20 bits per heavy atom. The molecular formula is C22H23N5O3. The van der Waals surface area contributed by atoms with Crippen LogP contribution in [0.3, 0.4) is 0 Å². The number of hydrogen-bond acceptors (Lipinski definition) is 5. The van der Waals surface area contributed by atoms with Gasteiger partial charge in [0.2, 0.25) is 11.8 Å². The maximum absolute atomic E-state index is 12.6. The van der Waals surface area contributed by atoms with E-state index in [2.05, 4.69) is 10.1 Å². The fourth-order valence-corrected chi connectivity index (χ4v) is 3.83. The van der Waals surface area contributed by atoms with Crippen LogP contribution in [0.1, 0.15) is 35.6 Å². The van der Waals surface area contributed by atoms with E-state index in [0.29, 0.717) is 29.3 Å². The second kappa shape index (κ2) is 7.07. The molecule has 154 valence electrons. The van der Waals surface area contributed by atoms with Crippen molar-refractivity contribution in [3.05, 3.63) is 59.4 Å². The Kier molecular flexibility index (Phi) is 4.66. The number of aromatic nitrogens is 3. The van der Waals surface area contributed by atoms with E-state index in [1.807, 2.05) is 38.1 Å². The standard InChI is InChI=1S/C22H23N5O3/c1-22(2)16-12-14(7-8-17(16)26(3)21(22)30)20-24-18(9-10-28)25-27(20)15-6-4-5-13(11-15)19(23)29/h4-8,11-12,28H,9-10H2,1-3H3,(H2,23,29). The topological polar surface area (TPSA) is 114 Å². The average molecular weight is 405 g/mol. The SMILES string of the molecule is CN1C(=O)C(C)(C)c2cc(-c3nc(CCO)nn3-c3cccc(C(N)=O)c3)ccc21. The first-order valence-electron chi connectivity index (χ1n) is 9.64. The lowest BCUT2D eigenvalue weighted by Gasteiger charge is -2.16. The second-order valence-electron chi connectivity index (χ2n) is 7.87. The molecule has 2 amide bonds. The summed E-state index contributed by atoms with van der Waals surface area (Å²) in [5, 5.41) is 13.9. The Balaban J connectivity index is 1.88. The Labute approximate surface area is 174 Å². The molecule has 8 nitrogen and oxygen atoms in total.